The van der Waals surface area contributed by atoms with Crippen molar-refractivity contribution < 1.29 is 4.79 Å². The molecule has 0 saturated carbocycles. The van der Waals surface area contributed by atoms with Crippen molar-refractivity contribution in [2.24, 2.45) is 11.8 Å². The van der Waals surface area contributed by atoms with Crippen LogP contribution in [0.5, 0.6) is 0 Å². The second-order valence-corrected chi connectivity index (χ2v) is 6.19. The molecule has 0 radical (unpaired) electrons. The first-order valence-electron chi connectivity index (χ1n) is 7.03. The van der Waals surface area contributed by atoms with Crippen molar-refractivity contribution >= 4 is 28.9 Å². The summed E-state index contributed by atoms with van der Waals surface area (Å²) in [5.41, 5.74) is 6.94. The van der Waals surface area contributed by atoms with Crippen molar-refractivity contribution in [1.82, 2.24) is 4.90 Å². The minimum absolute atomic E-state index is 0.0410. The molecular weight excluding hydrogens is 274 g/mol. The Balaban J connectivity index is 1.91. The van der Waals surface area contributed by atoms with E-state index in [2.05, 4.69) is 24.1 Å². The Morgan fingerprint density at radius 1 is 1.45 bits per heavy atom. The molecule has 2 unspecified atom stereocenters. The van der Waals surface area contributed by atoms with Gasteiger partial charge < -0.3 is 11.1 Å². The standard InChI is InChI=1S/C15H22ClN3O/c1-10-5-6-19(8-11(10)2)9-15(20)18-14-7-12(16)3-4-13(14)17/h3-4,7,10-11H,5-6,8-9,17H2,1-2H3,(H,18,20). The Morgan fingerprint density at radius 3 is 2.90 bits per heavy atom. The maximum atomic E-state index is 12.1. The quantitative estimate of drug-likeness (QED) is 0.843. The second kappa shape index (κ2) is 6.46. The molecule has 1 aromatic carbocycles. The summed E-state index contributed by atoms with van der Waals surface area (Å²) in [5.74, 6) is 1.33. The molecule has 110 valence electrons. The monoisotopic (exact) mass is 295 g/mol. The van der Waals surface area contributed by atoms with Crippen LogP contribution in [0.3, 0.4) is 0 Å². The molecule has 20 heavy (non-hydrogen) atoms. The largest absolute Gasteiger partial charge is 0.397 e. The molecule has 2 atom stereocenters. The van der Waals surface area contributed by atoms with Gasteiger partial charge in [0.25, 0.3) is 0 Å². The van der Waals surface area contributed by atoms with E-state index in [9.17, 15) is 4.79 Å². The van der Waals surface area contributed by atoms with Crippen LogP contribution in [0.2, 0.25) is 5.02 Å². The molecular formula is C15H22ClN3O. The van der Waals surface area contributed by atoms with Crippen molar-refractivity contribution in [3.63, 3.8) is 0 Å². The van der Waals surface area contributed by atoms with Gasteiger partial charge in [0.05, 0.1) is 17.9 Å². The summed E-state index contributed by atoms with van der Waals surface area (Å²) in [4.78, 5) is 14.3. The molecule has 1 amide bonds. The van der Waals surface area contributed by atoms with E-state index in [-0.39, 0.29) is 5.91 Å². The lowest BCUT2D eigenvalue weighted by atomic mass is 9.89. The Morgan fingerprint density at radius 2 is 2.20 bits per heavy atom. The summed E-state index contributed by atoms with van der Waals surface area (Å²) in [5, 5.41) is 3.40. The maximum Gasteiger partial charge on any atom is 0.238 e. The normalized spacial score (nSPS) is 23.6. The molecule has 0 bridgehead atoms. The average molecular weight is 296 g/mol. The van der Waals surface area contributed by atoms with Crippen LogP contribution in [-0.4, -0.2) is 30.4 Å². The fourth-order valence-corrected chi connectivity index (χ4v) is 2.69. The van der Waals surface area contributed by atoms with Gasteiger partial charge in [0.1, 0.15) is 0 Å². The molecule has 1 heterocycles. The number of piperidine rings is 1. The lowest BCUT2D eigenvalue weighted by Gasteiger charge is -2.34. The molecule has 0 aromatic heterocycles. The predicted octanol–water partition coefficient (Wildman–Crippen LogP) is 2.84. The van der Waals surface area contributed by atoms with Crippen LogP contribution in [0.25, 0.3) is 0 Å². The molecule has 1 saturated heterocycles. The number of anilines is 2. The first kappa shape index (κ1) is 15.1. The lowest BCUT2D eigenvalue weighted by Crippen LogP contribution is -2.42. The maximum absolute atomic E-state index is 12.1. The summed E-state index contributed by atoms with van der Waals surface area (Å²) < 4.78 is 0. The number of halogens is 1. The van der Waals surface area contributed by atoms with Gasteiger partial charge in [-0.2, -0.15) is 0 Å². The number of nitrogen functional groups attached to an aromatic ring is 1. The van der Waals surface area contributed by atoms with Crippen LogP contribution in [0, 0.1) is 11.8 Å². The van der Waals surface area contributed by atoms with E-state index >= 15 is 0 Å². The zero-order valence-corrected chi connectivity index (χ0v) is 12.8. The summed E-state index contributed by atoms with van der Waals surface area (Å²) in [6.45, 7) is 6.87. The van der Waals surface area contributed by atoms with Gasteiger partial charge in [0.2, 0.25) is 5.91 Å². The number of hydrogen-bond donors (Lipinski definition) is 2. The van der Waals surface area contributed by atoms with Gasteiger partial charge in [-0.15, -0.1) is 0 Å². The van der Waals surface area contributed by atoms with Crippen LogP contribution in [0.4, 0.5) is 11.4 Å². The molecule has 1 fully saturated rings. The third kappa shape index (κ3) is 3.87. The minimum Gasteiger partial charge on any atom is -0.397 e. The number of carbonyl (C=O) groups is 1. The number of carbonyl (C=O) groups excluding carboxylic acids is 1. The number of nitrogens with two attached hydrogens (primary N) is 1. The fourth-order valence-electron chi connectivity index (χ4n) is 2.52. The van der Waals surface area contributed by atoms with E-state index < -0.39 is 0 Å². The lowest BCUT2D eigenvalue weighted by molar-refractivity contribution is -0.117. The van der Waals surface area contributed by atoms with Crippen LogP contribution in [0.15, 0.2) is 18.2 Å². The summed E-state index contributed by atoms with van der Waals surface area (Å²) in [6, 6.07) is 5.08. The smallest absolute Gasteiger partial charge is 0.238 e. The number of likely N-dealkylation sites (tertiary alicyclic amines) is 1. The first-order chi connectivity index (χ1) is 9.45. The SMILES string of the molecule is CC1CCN(CC(=O)Nc2cc(Cl)ccc2N)CC1C. The Kier molecular flexibility index (Phi) is 4.89. The van der Waals surface area contributed by atoms with Crippen LogP contribution < -0.4 is 11.1 Å². The minimum atomic E-state index is -0.0410. The molecule has 0 spiro atoms. The number of hydrogen-bond acceptors (Lipinski definition) is 3. The number of rotatable bonds is 3. The van der Waals surface area contributed by atoms with E-state index in [1.165, 1.54) is 0 Å². The zero-order chi connectivity index (χ0) is 14.7. The molecule has 1 aliphatic heterocycles. The third-order valence-corrected chi connectivity index (χ3v) is 4.31. The van der Waals surface area contributed by atoms with Gasteiger partial charge in [-0.05, 0) is 43.0 Å². The third-order valence-electron chi connectivity index (χ3n) is 4.07. The van der Waals surface area contributed by atoms with E-state index in [0.717, 1.165) is 25.4 Å². The van der Waals surface area contributed by atoms with E-state index in [1.54, 1.807) is 18.2 Å². The highest BCUT2D eigenvalue weighted by Crippen LogP contribution is 2.24. The summed E-state index contributed by atoms with van der Waals surface area (Å²) >= 11 is 5.91. The van der Waals surface area contributed by atoms with Crippen LogP contribution in [-0.2, 0) is 4.79 Å². The zero-order valence-electron chi connectivity index (χ0n) is 12.0. The highest BCUT2D eigenvalue weighted by Gasteiger charge is 2.23. The predicted molar refractivity (Wildman–Crippen MR) is 83.9 cm³/mol. The van der Waals surface area contributed by atoms with Gasteiger partial charge in [-0.25, -0.2) is 0 Å². The van der Waals surface area contributed by atoms with Gasteiger partial charge >= 0.3 is 0 Å². The molecule has 5 heteroatoms. The average Bonchev–Trinajstić information content (AvgIpc) is 2.38. The van der Waals surface area contributed by atoms with E-state index in [4.69, 9.17) is 17.3 Å². The topological polar surface area (TPSA) is 58.4 Å². The molecule has 2 rings (SSSR count). The van der Waals surface area contributed by atoms with Gasteiger partial charge in [0, 0.05) is 11.6 Å². The van der Waals surface area contributed by atoms with Crippen LogP contribution >= 0.6 is 11.6 Å². The summed E-state index contributed by atoms with van der Waals surface area (Å²) in [6.07, 6.45) is 1.15. The molecule has 3 N–H and O–H groups in total. The molecule has 1 aromatic rings. The number of nitrogens with one attached hydrogen (secondary N) is 1. The van der Waals surface area contributed by atoms with Crippen molar-refractivity contribution in [3.05, 3.63) is 23.2 Å². The number of nitrogens with zero attached hydrogens (tertiary/aromatic N) is 1. The first-order valence-corrected chi connectivity index (χ1v) is 7.40. The molecule has 0 aliphatic carbocycles. The van der Waals surface area contributed by atoms with Crippen molar-refractivity contribution in [2.75, 3.05) is 30.7 Å². The van der Waals surface area contributed by atoms with Gasteiger partial charge in [-0.3, -0.25) is 9.69 Å². The fraction of sp³-hybridized carbons (Fsp3) is 0.533. The second-order valence-electron chi connectivity index (χ2n) is 5.76. The Bertz CT molecular complexity index is 492. The summed E-state index contributed by atoms with van der Waals surface area (Å²) in [7, 11) is 0. The van der Waals surface area contributed by atoms with Crippen molar-refractivity contribution in [1.29, 1.82) is 0 Å². The highest BCUT2D eigenvalue weighted by atomic mass is 35.5. The van der Waals surface area contributed by atoms with Crippen molar-refractivity contribution in [3.8, 4) is 0 Å². The van der Waals surface area contributed by atoms with Crippen LogP contribution in [0.1, 0.15) is 20.3 Å². The Hall–Kier alpha value is -1.26. The number of amides is 1. The van der Waals surface area contributed by atoms with Gasteiger partial charge in [0.15, 0.2) is 0 Å². The highest BCUT2D eigenvalue weighted by molar-refractivity contribution is 6.31. The van der Waals surface area contributed by atoms with E-state index in [0.29, 0.717) is 28.9 Å². The number of benzene rings is 1. The Labute approximate surface area is 125 Å². The van der Waals surface area contributed by atoms with Crippen molar-refractivity contribution in [2.45, 2.75) is 20.3 Å². The molecule has 4 nitrogen and oxygen atoms in total. The molecule has 1 aliphatic rings. The van der Waals surface area contributed by atoms with Gasteiger partial charge in [-0.1, -0.05) is 25.4 Å². The van der Waals surface area contributed by atoms with E-state index in [1.807, 2.05) is 0 Å².